The fourth-order valence-corrected chi connectivity index (χ4v) is 5.45. The Hall–Kier alpha value is -1.55. The summed E-state index contributed by atoms with van der Waals surface area (Å²) in [5, 5.41) is 0.656. The topological polar surface area (TPSA) is 40.6 Å². The monoisotopic (exact) mass is 402 g/mol. The molecule has 1 aromatic rings. The van der Waals surface area contributed by atoms with E-state index in [9.17, 15) is 9.59 Å². The highest BCUT2D eigenvalue weighted by molar-refractivity contribution is 6.30. The molecule has 0 N–H and O–H groups in total. The fraction of sp³-hybridized carbons (Fsp3) is 0.652. The first-order chi connectivity index (χ1) is 13.6. The molecule has 4 nitrogen and oxygen atoms in total. The third-order valence-corrected chi connectivity index (χ3v) is 7.06. The molecule has 1 saturated heterocycles. The van der Waals surface area contributed by atoms with Crippen LogP contribution in [0.3, 0.4) is 0 Å². The van der Waals surface area contributed by atoms with Crippen molar-refractivity contribution in [2.75, 3.05) is 6.54 Å². The average Bonchev–Trinajstić information content (AvgIpc) is 3.00. The summed E-state index contributed by atoms with van der Waals surface area (Å²) >= 11 is 6.09. The molecular formula is C23H31ClN2O2. The highest BCUT2D eigenvalue weighted by atomic mass is 35.5. The Balaban J connectivity index is 1.66. The van der Waals surface area contributed by atoms with Gasteiger partial charge in [-0.25, -0.2) is 0 Å². The Bertz CT molecular complexity index is 691. The summed E-state index contributed by atoms with van der Waals surface area (Å²) in [5.74, 6) is 0.232. The molecule has 4 rings (SSSR count). The molecule has 5 heteroatoms. The molecule has 2 aliphatic carbocycles. The minimum absolute atomic E-state index is 0.111. The van der Waals surface area contributed by atoms with Gasteiger partial charge in [-0.05, 0) is 43.4 Å². The molecule has 0 spiro atoms. The van der Waals surface area contributed by atoms with E-state index in [1.807, 2.05) is 34.1 Å². The van der Waals surface area contributed by atoms with Crippen LogP contribution in [0, 0.1) is 0 Å². The van der Waals surface area contributed by atoms with Gasteiger partial charge in [-0.15, -0.1) is 0 Å². The standard InChI is InChI=1S/C23H31ClN2O2/c24-18-14-12-17(13-15-18)22-23(28)25(19-8-4-1-2-5-9-19)16-21(27)26(22)20-10-6-3-7-11-20/h12-15,19-20,22H,1-11,16H2. The van der Waals surface area contributed by atoms with Crippen LogP contribution in [0.1, 0.15) is 82.2 Å². The van der Waals surface area contributed by atoms with E-state index in [0.717, 1.165) is 56.9 Å². The third-order valence-electron chi connectivity index (χ3n) is 6.81. The van der Waals surface area contributed by atoms with E-state index in [1.54, 1.807) is 0 Å². The number of halogens is 1. The molecule has 1 unspecified atom stereocenters. The van der Waals surface area contributed by atoms with E-state index in [4.69, 9.17) is 11.6 Å². The zero-order valence-electron chi connectivity index (χ0n) is 16.6. The zero-order valence-corrected chi connectivity index (χ0v) is 17.4. The van der Waals surface area contributed by atoms with Gasteiger partial charge < -0.3 is 9.80 Å². The van der Waals surface area contributed by atoms with Gasteiger partial charge in [-0.2, -0.15) is 0 Å². The molecule has 152 valence electrons. The van der Waals surface area contributed by atoms with Gasteiger partial charge in [0.25, 0.3) is 5.91 Å². The van der Waals surface area contributed by atoms with Crippen LogP contribution in [0.25, 0.3) is 0 Å². The van der Waals surface area contributed by atoms with Gasteiger partial charge in [-0.3, -0.25) is 9.59 Å². The largest absolute Gasteiger partial charge is 0.328 e. The fourth-order valence-electron chi connectivity index (χ4n) is 5.33. The lowest BCUT2D eigenvalue weighted by molar-refractivity contribution is -0.162. The number of carbonyl (C=O) groups excluding carboxylic acids is 2. The van der Waals surface area contributed by atoms with Crippen molar-refractivity contribution >= 4 is 23.4 Å². The predicted octanol–water partition coefficient (Wildman–Crippen LogP) is 5.11. The van der Waals surface area contributed by atoms with Crippen molar-refractivity contribution in [2.45, 2.75) is 88.8 Å². The Kier molecular flexibility index (Phi) is 6.25. The summed E-state index contributed by atoms with van der Waals surface area (Å²) in [7, 11) is 0. The van der Waals surface area contributed by atoms with E-state index in [1.165, 1.54) is 19.3 Å². The number of nitrogens with zero attached hydrogens (tertiary/aromatic N) is 2. The van der Waals surface area contributed by atoms with Crippen LogP contribution < -0.4 is 0 Å². The second-order valence-electron chi connectivity index (χ2n) is 8.66. The van der Waals surface area contributed by atoms with E-state index in [0.29, 0.717) is 5.02 Å². The van der Waals surface area contributed by atoms with Crippen LogP contribution in [0.5, 0.6) is 0 Å². The number of piperazine rings is 1. The Morgan fingerprint density at radius 3 is 1.89 bits per heavy atom. The molecule has 0 aromatic heterocycles. The molecule has 2 saturated carbocycles. The van der Waals surface area contributed by atoms with Gasteiger partial charge in [0.1, 0.15) is 12.6 Å². The first-order valence-corrected chi connectivity index (χ1v) is 11.4. The lowest BCUT2D eigenvalue weighted by atomic mass is 9.89. The lowest BCUT2D eigenvalue weighted by Gasteiger charge is -2.47. The molecule has 0 radical (unpaired) electrons. The quantitative estimate of drug-likeness (QED) is 0.659. The lowest BCUT2D eigenvalue weighted by Crippen LogP contribution is -2.60. The van der Waals surface area contributed by atoms with E-state index >= 15 is 0 Å². The zero-order chi connectivity index (χ0) is 19.5. The molecule has 2 amide bonds. The van der Waals surface area contributed by atoms with Crippen molar-refractivity contribution < 1.29 is 9.59 Å². The average molecular weight is 403 g/mol. The smallest absolute Gasteiger partial charge is 0.250 e. The van der Waals surface area contributed by atoms with Gasteiger partial charge in [-0.1, -0.05) is 68.7 Å². The molecule has 3 aliphatic rings. The minimum Gasteiger partial charge on any atom is -0.328 e. The Morgan fingerprint density at radius 1 is 0.750 bits per heavy atom. The molecule has 0 bridgehead atoms. The van der Waals surface area contributed by atoms with Crippen molar-refractivity contribution in [1.29, 1.82) is 0 Å². The van der Waals surface area contributed by atoms with E-state index in [2.05, 4.69) is 0 Å². The second-order valence-corrected chi connectivity index (χ2v) is 9.09. The normalized spacial score (nSPS) is 25.8. The van der Waals surface area contributed by atoms with Crippen LogP contribution in [0.15, 0.2) is 24.3 Å². The number of hydrogen-bond donors (Lipinski definition) is 0. The summed E-state index contributed by atoms with van der Waals surface area (Å²) in [6.07, 6.45) is 12.4. The van der Waals surface area contributed by atoms with Crippen LogP contribution >= 0.6 is 11.6 Å². The molecule has 3 fully saturated rings. The highest BCUT2D eigenvalue weighted by Crippen LogP contribution is 2.37. The number of rotatable bonds is 3. The number of amides is 2. The van der Waals surface area contributed by atoms with Gasteiger partial charge in [0.05, 0.1) is 0 Å². The number of benzene rings is 1. The number of hydrogen-bond acceptors (Lipinski definition) is 2. The minimum atomic E-state index is -0.495. The summed E-state index contributed by atoms with van der Waals surface area (Å²) in [5.41, 5.74) is 0.895. The molecular weight excluding hydrogens is 372 g/mol. The molecule has 1 heterocycles. The van der Waals surface area contributed by atoms with Crippen molar-refractivity contribution in [2.24, 2.45) is 0 Å². The van der Waals surface area contributed by atoms with E-state index in [-0.39, 0.29) is 30.4 Å². The van der Waals surface area contributed by atoms with Gasteiger partial charge in [0.2, 0.25) is 5.91 Å². The maximum Gasteiger partial charge on any atom is 0.250 e. The van der Waals surface area contributed by atoms with Crippen LogP contribution in [0.2, 0.25) is 5.02 Å². The molecule has 1 aliphatic heterocycles. The second kappa shape index (κ2) is 8.86. The summed E-state index contributed by atoms with van der Waals surface area (Å²) < 4.78 is 0. The van der Waals surface area contributed by atoms with Crippen LogP contribution in [0.4, 0.5) is 0 Å². The molecule has 1 atom stereocenters. The molecule has 1 aromatic carbocycles. The SMILES string of the molecule is O=C1C(c2ccc(Cl)cc2)N(C2CCCCC2)C(=O)CN1C1CCCCCC1. The third kappa shape index (κ3) is 4.07. The van der Waals surface area contributed by atoms with Crippen molar-refractivity contribution in [3.05, 3.63) is 34.9 Å². The van der Waals surface area contributed by atoms with Gasteiger partial charge in [0, 0.05) is 17.1 Å². The Labute approximate surface area is 173 Å². The summed E-state index contributed by atoms with van der Waals surface area (Å²) in [6, 6.07) is 7.40. The van der Waals surface area contributed by atoms with Gasteiger partial charge in [0.15, 0.2) is 0 Å². The summed E-state index contributed by atoms with van der Waals surface area (Å²) in [6.45, 7) is 0.254. The van der Waals surface area contributed by atoms with E-state index < -0.39 is 6.04 Å². The van der Waals surface area contributed by atoms with Crippen molar-refractivity contribution in [1.82, 2.24) is 9.80 Å². The summed E-state index contributed by atoms with van der Waals surface area (Å²) in [4.78, 5) is 30.9. The molecule has 28 heavy (non-hydrogen) atoms. The first kappa shape index (κ1) is 19.8. The first-order valence-electron chi connectivity index (χ1n) is 11.0. The maximum absolute atomic E-state index is 13.7. The maximum atomic E-state index is 13.7. The van der Waals surface area contributed by atoms with Crippen molar-refractivity contribution in [3.63, 3.8) is 0 Å². The predicted molar refractivity (Wildman–Crippen MR) is 111 cm³/mol. The highest BCUT2D eigenvalue weighted by Gasteiger charge is 2.45. The van der Waals surface area contributed by atoms with Crippen molar-refractivity contribution in [3.8, 4) is 0 Å². The van der Waals surface area contributed by atoms with Gasteiger partial charge >= 0.3 is 0 Å². The Morgan fingerprint density at radius 2 is 1.29 bits per heavy atom. The van der Waals surface area contributed by atoms with Crippen LogP contribution in [-0.2, 0) is 9.59 Å². The van der Waals surface area contributed by atoms with Crippen LogP contribution in [-0.4, -0.2) is 40.2 Å². The number of carbonyl (C=O) groups is 2.